The normalized spacial score (nSPS) is 12.6. The first-order valence-corrected chi connectivity index (χ1v) is 21.8. The maximum Gasteiger partial charge on any atom is 0.0714 e. The average molecular weight is 803 g/mol. The van der Waals surface area contributed by atoms with Crippen LogP contribution in [0.15, 0.2) is 255 Å². The van der Waals surface area contributed by atoms with Gasteiger partial charge in [-0.05, 0) is 105 Å². The summed E-state index contributed by atoms with van der Waals surface area (Å²) in [6.07, 6.45) is 0. The summed E-state index contributed by atoms with van der Waals surface area (Å²) in [5, 5.41) is 2.52. The quantitative estimate of drug-likeness (QED) is 0.149. The van der Waals surface area contributed by atoms with Gasteiger partial charge in [-0.25, -0.2) is 0 Å². The first-order valence-electron chi connectivity index (χ1n) is 21.8. The molecule has 0 N–H and O–H groups in total. The lowest BCUT2D eigenvalue weighted by Gasteiger charge is -2.35. The number of fused-ring (bicyclic) bond motifs is 6. The third-order valence-corrected chi connectivity index (χ3v) is 13.1. The van der Waals surface area contributed by atoms with Gasteiger partial charge in [-0.3, -0.25) is 0 Å². The third kappa shape index (κ3) is 5.87. The van der Waals surface area contributed by atoms with Gasteiger partial charge >= 0.3 is 0 Å². The van der Waals surface area contributed by atoms with Crippen molar-refractivity contribution in [1.29, 1.82) is 0 Å². The van der Waals surface area contributed by atoms with Crippen LogP contribution in [0.2, 0.25) is 0 Å². The van der Waals surface area contributed by atoms with Crippen LogP contribution >= 0.6 is 0 Å². The number of nitrogens with zero attached hydrogens (tertiary/aromatic N) is 2. The van der Waals surface area contributed by atoms with Crippen LogP contribution in [0.4, 0.5) is 17.1 Å². The summed E-state index contributed by atoms with van der Waals surface area (Å²) < 4.78 is 2.42. The lowest BCUT2D eigenvalue weighted by atomic mass is 9.67. The molecule has 0 saturated carbocycles. The molecule has 0 unspecified atom stereocenters. The fraction of sp³-hybridized carbons (Fsp3) is 0.0164. The van der Waals surface area contributed by atoms with Crippen molar-refractivity contribution in [2.24, 2.45) is 0 Å². The maximum absolute atomic E-state index is 2.45. The molecule has 0 atom stereocenters. The highest BCUT2D eigenvalue weighted by Gasteiger charge is 2.46. The Morgan fingerprint density at radius 2 is 0.746 bits per heavy atom. The summed E-state index contributed by atoms with van der Waals surface area (Å²) >= 11 is 0. The molecule has 0 aliphatic heterocycles. The first-order chi connectivity index (χ1) is 31.3. The van der Waals surface area contributed by atoms with Crippen molar-refractivity contribution in [1.82, 2.24) is 4.57 Å². The standard InChI is InChI=1S/C61H42N2/c1-4-18-43(19-5-1)44-32-36-48(37-33-44)62(49-38-34-45(35-39-49)51-24-11-15-29-58(51)63-59-30-16-12-26-54(59)55-27-13-17-31-60(55)63)50-40-41-53-52-25-10-14-28-56(52)61(57(53)42-50,46-20-6-2-7-21-46)47-22-8-3-9-23-47/h1-42H. The van der Waals surface area contributed by atoms with Gasteiger partial charge < -0.3 is 9.47 Å². The summed E-state index contributed by atoms with van der Waals surface area (Å²) in [7, 11) is 0. The van der Waals surface area contributed by atoms with Crippen LogP contribution in [-0.2, 0) is 5.41 Å². The van der Waals surface area contributed by atoms with Crippen LogP contribution in [0.3, 0.4) is 0 Å². The van der Waals surface area contributed by atoms with E-state index < -0.39 is 5.41 Å². The van der Waals surface area contributed by atoms with Crippen molar-refractivity contribution < 1.29 is 0 Å². The molecule has 0 amide bonds. The van der Waals surface area contributed by atoms with Gasteiger partial charge in [0.2, 0.25) is 0 Å². The van der Waals surface area contributed by atoms with Crippen LogP contribution in [-0.4, -0.2) is 4.57 Å². The number of aromatic nitrogens is 1. The zero-order valence-electron chi connectivity index (χ0n) is 34.6. The Labute approximate surface area is 368 Å². The van der Waals surface area contributed by atoms with E-state index in [1.165, 1.54) is 71.9 Å². The number of hydrogen-bond acceptors (Lipinski definition) is 1. The van der Waals surface area contributed by atoms with Crippen LogP contribution < -0.4 is 4.90 Å². The predicted molar refractivity (Wildman–Crippen MR) is 264 cm³/mol. The van der Waals surface area contributed by atoms with E-state index in [4.69, 9.17) is 0 Å². The van der Waals surface area contributed by atoms with Crippen molar-refractivity contribution in [3.8, 4) is 39.1 Å². The van der Waals surface area contributed by atoms with Crippen molar-refractivity contribution >= 4 is 38.9 Å². The SMILES string of the molecule is c1ccc(-c2ccc(N(c3ccc(-c4ccccc4-n4c5ccccc5c5ccccc54)cc3)c3ccc4c(c3)C(c3ccccc3)(c3ccccc3)c3ccccc3-4)cc2)cc1. The molecule has 1 aromatic heterocycles. The number of rotatable bonds is 8. The largest absolute Gasteiger partial charge is 0.310 e. The lowest BCUT2D eigenvalue weighted by molar-refractivity contribution is 0.768. The van der Waals surface area contributed by atoms with Gasteiger partial charge in [0.25, 0.3) is 0 Å². The van der Waals surface area contributed by atoms with E-state index in [9.17, 15) is 0 Å². The number of hydrogen-bond donors (Lipinski definition) is 0. The second kappa shape index (κ2) is 15.1. The minimum Gasteiger partial charge on any atom is -0.310 e. The van der Waals surface area contributed by atoms with Gasteiger partial charge in [0.15, 0.2) is 0 Å². The fourth-order valence-electron chi connectivity index (χ4n) is 10.3. The number of benzene rings is 10. The van der Waals surface area contributed by atoms with Crippen molar-refractivity contribution in [2.75, 3.05) is 4.90 Å². The summed E-state index contributed by atoms with van der Waals surface area (Å²) in [6.45, 7) is 0. The molecule has 63 heavy (non-hydrogen) atoms. The van der Waals surface area contributed by atoms with E-state index in [1.807, 2.05) is 0 Å². The molecule has 0 spiro atoms. The van der Waals surface area contributed by atoms with Gasteiger partial charge in [0, 0.05) is 33.4 Å². The molecule has 296 valence electrons. The van der Waals surface area contributed by atoms with Crippen LogP contribution in [0, 0.1) is 0 Å². The highest BCUT2D eigenvalue weighted by molar-refractivity contribution is 6.09. The Balaban J connectivity index is 1.03. The molecule has 0 fully saturated rings. The number of para-hydroxylation sites is 3. The molecule has 2 nitrogen and oxygen atoms in total. The van der Waals surface area contributed by atoms with E-state index >= 15 is 0 Å². The van der Waals surface area contributed by atoms with Crippen LogP contribution in [0.5, 0.6) is 0 Å². The maximum atomic E-state index is 2.45. The highest BCUT2D eigenvalue weighted by atomic mass is 15.1. The fourth-order valence-corrected chi connectivity index (χ4v) is 10.3. The van der Waals surface area contributed by atoms with E-state index in [1.54, 1.807) is 0 Å². The van der Waals surface area contributed by atoms with Crippen LogP contribution in [0.1, 0.15) is 22.3 Å². The number of anilines is 3. The van der Waals surface area contributed by atoms with Crippen molar-refractivity contribution in [3.63, 3.8) is 0 Å². The molecule has 2 heteroatoms. The minimum absolute atomic E-state index is 0.506. The molecule has 11 aromatic rings. The Bertz CT molecular complexity index is 3330. The molecule has 0 saturated heterocycles. The second-order valence-corrected chi connectivity index (χ2v) is 16.4. The summed E-state index contributed by atoms with van der Waals surface area (Å²) in [5.41, 5.74) is 18.7. The zero-order chi connectivity index (χ0) is 41.7. The summed E-state index contributed by atoms with van der Waals surface area (Å²) in [5.74, 6) is 0. The van der Waals surface area contributed by atoms with Gasteiger partial charge in [0.05, 0.1) is 22.1 Å². The van der Waals surface area contributed by atoms with Crippen molar-refractivity contribution in [3.05, 3.63) is 277 Å². The van der Waals surface area contributed by atoms with E-state index in [-0.39, 0.29) is 0 Å². The predicted octanol–water partition coefficient (Wildman–Crippen LogP) is 16.0. The van der Waals surface area contributed by atoms with E-state index in [2.05, 4.69) is 264 Å². The minimum atomic E-state index is -0.506. The molecular weight excluding hydrogens is 761 g/mol. The van der Waals surface area contributed by atoms with Gasteiger partial charge in [-0.2, -0.15) is 0 Å². The van der Waals surface area contributed by atoms with Crippen LogP contribution in [0.25, 0.3) is 60.9 Å². The van der Waals surface area contributed by atoms with Crippen molar-refractivity contribution in [2.45, 2.75) is 5.41 Å². The smallest absolute Gasteiger partial charge is 0.0714 e. The van der Waals surface area contributed by atoms with E-state index in [0.717, 1.165) is 28.3 Å². The summed E-state index contributed by atoms with van der Waals surface area (Å²) in [4.78, 5) is 2.42. The Kier molecular flexibility index (Phi) is 8.76. The highest BCUT2D eigenvalue weighted by Crippen LogP contribution is 2.57. The molecule has 1 aliphatic rings. The molecule has 12 rings (SSSR count). The van der Waals surface area contributed by atoms with Gasteiger partial charge in [0.1, 0.15) is 0 Å². The lowest BCUT2D eigenvalue weighted by Crippen LogP contribution is -2.28. The Morgan fingerprint density at radius 1 is 0.302 bits per heavy atom. The monoisotopic (exact) mass is 802 g/mol. The third-order valence-electron chi connectivity index (χ3n) is 13.1. The van der Waals surface area contributed by atoms with Gasteiger partial charge in [-0.15, -0.1) is 0 Å². The van der Waals surface area contributed by atoms with Gasteiger partial charge in [-0.1, -0.05) is 200 Å². The molecule has 1 heterocycles. The molecule has 0 radical (unpaired) electrons. The van der Waals surface area contributed by atoms with E-state index in [0.29, 0.717) is 0 Å². The Morgan fingerprint density at radius 3 is 1.37 bits per heavy atom. The zero-order valence-corrected chi connectivity index (χ0v) is 34.6. The second-order valence-electron chi connectivity index (χ2n) is 16.4. The topological polar surface area (TPSA) is 8.17 Å². The molecule has 0 bridgehead atoms. The Hall–Kier alpha value is -8.20. The first kappa shape index (κ1) is 36.6. The summed E-state index contributed by atoms with van der Waals surface area (Å²) in [6, 6.07) is 93.2. The molecule has 10 aromatic carbocycles. The average Bonchev–Trinajstić information content (AvgIpc) is 3.86. The molecule has 1 aliphatic carbocycles. The molecular formula is C61H42N2.